The molecule has 0 saturated carbocycles. The number of aryl methyl sites for hydroxylation is 2. The van der Waals surface area contributed by atoms with Crippen molar-refractivity contribution in [2.75, 3.05) is 0 Å². The van der Waals surface area contributed by atoms with Crippen molar-refractivity contribution in [3.05, 3.63) is 47.5 Å². The predicted octanol–water partition coefficient (Wildman–Crippen LogP) is 3.70. The summed E-state index contributed by atoms with van der Waals surface area (Å²) in [6.07, 6.45) is 0. The van der Waals surface area contributed by atoms with Gasteiger partial charge in [-0.05, 0) is 35.7 Å². The lowest BCUT2D eigenvalue weighted by Gasteiger charge is -2.03. The Morgan fingerprint density at radius 1 is 0.750 bits per heavy atom. The molecule has 0 radical (unpaired) electrons. The second kappa shape index (κ2) is 2.63. The normalized spacial score (nSPS) is 10.5. The van der Waals surface area contributed by atoms with E-state index in [2.05, 4.69) is 50.2 Å². The van der Waals surface area contributed by atoms with Crippen molar-refractivity contribution in [3.63, 3.8) is 0 Å². The van der Waals surface area contributed by atoms with Gasteiger partial charge in [-0.25, -0.2) is 0 Å². The lowest BCUT2D eigenvalue weighted by molar-refractivity contribution is 1.48. The van der Waals surface area contributed by atoms with Crippen LogP contribution in [0.4, 0.5) is 0 Å². The van der Waals surface area contributed by atoms with Crippen LogP contribution in [-0.2, 0) is 0 Å². The summed E-state index contributed by atoms with van der Waals surface area (Å²) in [7, 11) is 0. The highest BCUT2D eigenvalue weighted by Gasteiger charge is 1.96. The quantitative estimate of drug-likeness (QED) is 0.548. The van der Waals surface area contributed by atoms with Gasteiger partial charge in [-0.15, -0.1) is 0 Å². The largest absolute Gasteiger partial charge is 0.0614 e. The van der Waals surface area contributed by atoms with Gasteiger partial charge in [0.25, 0.3) is 0 Å². The van der Waals surface area contributed by atoms with Gasteiger partial charge in [0.15, 0.2) is 0 Å². The van der Waals surface area contributed by atoms with Gasteiger partial charge < -0.3 is 0 Å². The van der Waals surface area contributed by atoms with Gasteiger partial charge in [-0.3, -0.25) is 0 Å². The third-order valence-electron chi connectivity index (χ3n) is 2.36. The number of benzene rings is 2. The van der Waals surface area contributed by atoms with Crippen LogP contribution in [0.2, 0.25) is 0 Å². The molecule has 0 saturated heterocycles. The number of hydrogen-bond donors (Lipinski definition) is 0. The zero-order chi connectivity index (χ0) is 8.55. The summed E-state index contributed by atoms with van der Waals surface area (Å²) in [6, 6.07) is 12.9. The molecule has 2 rings (SSSR count). The zero-order valence-electron chi connectivity index (χ0n) is 7.46. The van der Waals surface area contributed by atoms with Crippen molar-refractivity contribution in [2.45, 2.75) is 13.8 Å². The minimum Gasteiger partial charge on any atom is -0.0614 e. The third-order valence-corrected chi connectivity index (χ3v) is 2.36. The first-order valence-corrected chi connectivity index (χ1v) is 4.24. The molecule has 0 N–H and O–H groups in total. The third kappa shape index (κ3) is 1.00. The molecule has 2 aromatic carbocycles. The van der Waals surface area contributed by atoms with E-state index in [1.54, 1.807) is 0 Å². The van der Waals surface area contributed by atoms with Crippen molar-refractivity contribution in [3.8, 4) is 0 Å². The fourth-order valence-electron chi connectivity index (χ4n) is 1.62. The van der Waals surface area contributed by atoms with E-state index < -0.39 is 0 Å². The first-order valence-electron chi connectivity index (χ1n) is 4.24. The van der Waals surface area contributed by atoms with Crippen molar-refractivity contribution >= 4 is 10.8 Å². The topological polar surface area (TPSA) is 0 Å². The molecule has 0 bridgehead atoms. The maximum Gasteiger partial charge on any atom is 0 e. The minimum absolute atomic E-state index is 0. The lowest BCUT2D eigenvalue weighted by atomic mass is 10.0. The molecule has 0 heteroatoms. The summed E-state index contributed by atoms with van der Waals surface area (Å²) < 4.78 is 0. The van der Waals surface area contributed by atoms with Crippen LogP contribution in [0.1, 0.15) is 12.6 Å². The Hall–Kier alpha value is -1.30. The summed E-state index contributed by atoms with van der Waals surface area (Å²) in [5, 5.41) is 2.75. The van der Waals surface area contributed by atoms with Gasteiger partial charge in [0.05, 0.1) is 0 Å². The van der Waals surface area contributed by atoms with Crippen LogP contribution < -0.4 is 0 Å². The van der Waals surface area contributed by atoms with Crippen LogP contribution in [0, 0.1) is 13.8 Å². The first kappa shape index (κ1) is 7.35. The predicted molar refractivity (Wildman–Crippen MR) is 55.5 cm³/mol. The van der Waals surface area contributed by atoms with E-state index in [-0.39, 0.29) is 1.43 Å². The van der Waals surface area contributed by atoms with Gasteiger partial charge in [0.2, 0.25) is 0 Å². The van der Waals surface area contributed by atoms with Crippen LogP contribution in [-0.4, -0.2) is 0 Å². The Kier molecular flexibility index (Phi) is 1.61. The second-order valence-corrected chi connectivity index (χ2v) is 3.24. The van der Waals surface area contributed by atoms with Gasteiger partial charge in [-0.1, -0.05) is 36.4 Å². The highest BCUT2D eigenvalue weighted by molar-refractivity contribution is 5.88. The van der Waals surface area contributed by atoms with Crippen LogP contribution in [0.5, 0.6) is 0 Å². The van der Waals surface area contributed by atoms with Gasteiger partial charge in [-0.2, -0.15) is 0 Å². The number of fused-ring (bicyclic) bond motifs is 1. The highest BCUT2D eigenvalue weighted by atomic mass is 14.0. The van der Waals surface area contributed by atoms with Crippen LogP contribution in [0.25, 0.3) is 10.8 Å². The number of hydrogen-bond acceptors (Lipinski definition) is 0. The van der Waals surface area contributed by atoms with Crippen LogP contribution in [0.15, 0.2) is 36.4 Å². The molecular weight excluding hydrogens is 144 g/mol. The molecule has 0 spiro atoms. The average Bonchev–Trinajstić information content (AvgIpc) is 2.07. The van der Waals surface area contributed by atoms with E-state index in [9.17, 15) is 0 Å². The van der Waals surface area contributed by atoms with Gasteiger partial charge in [0.1, 0.15) is 0 Å². The summed E-state index contributed by atoms with van der Waals surface area (Å²) in [4.78, 5) is 0. The van der Waals surface area contributed by atoms with E-state index in [0.29, 0.717) is 0 Å². The Labute approximate surface area is 74.3 Å². The van der Waals surface area contributed by atoms with Crippen molar-refractivity contribution in [1.29, 1.82) is 0 Å². The Morgan fingerprint density at radius 3 is 1.58 bits per heavy atom. The monoisotopic (exact) mass is 158 g/mol. The minimum atomic E-state index is 0. The summed E-state index contributed by atoms with van der Waals surface area (Å²) in [6.45, 7) is 4.31. The molecule has 0 aliphatic heterocycles. The van der Waals surface area contributed by atoms with E-state index in [0.717, 1.165) is 0 Å². The molecule has 0 nitrogen and oxygen atoms in total. The van der Waals surface area contributed by atoms with Crippen LogP contribution in [0.3, 0.4) is 0 Å². The van der Waals surface area contributed by atoms with Crippen LogP contribution >= 0.6 is 0 Å². The molecular formula is C12H14. The molecule has 0 aliphatic carbocycles. The van der Waals surface area contributed by atoms with Gasteiger partial charge >= 0.3 is 0 Å². The fraction of sp³-hybridized carbons (Fsp3) is 0.167. The Bertz CT molecular complexity index is 377. The first-order chi connectivity index (χ1) is 5.79. The molecule has 0 heterocycles. The Balaban J connectivity index is 0.000000845. The van der Waals surface area contributed by atoms with Crippen molar-refractivity contribution < 1.29 is 1.43 Å². The maximum absolute atomic E-state index is 2.18. The van der Waals surface area contributed by atoms with E-state index in [4.69, 9.17) is 0 Å². The summed E-state index contributed by atoms with van der Waals surface area (Å²) in [5.74, 6) is 0. The average molecular weight is 158 g/mol. The lowest BCUT2D eigenvalue weighted by Crippen LogP contribution is -1.80. The number of rotatable bonds is 0. The standard InChI is InChI=1S/C12H12.H2/c1-9-5-3-8-12-10(2)6-4-7-11(9)12;/h3-8H,1-2H3;1H. The van der Waals surface area contributed by atoms with E-state index in [1.165, 1.54) is 21.9 Å². The Morgan fingerprint density at radius 2 is 1.17 bits per heavy atom. The van der Waals surface area contributed by atoms with Crippen molar-refractivity contribution in [2.24, 2.45) is 0 Å². The zero-order valence-corrected chi connectivity index (χ0v) is 7.46. The fourth-order valence-corrected chi connectivity index (χ4v) is 1.62. The maximum atomic E-state index is 2.18. The molecule has 0 aromatic heterocycles. The molecule has 0 fully saturated rings. The summed E-state index contributed by atoms with van der Waals surface area (Å²) >= 11 is 0. The van der Waals surface area contributed by atoms with Crippen molar-refractivity contribution in [1.82, 2.24) is 0 Å². The summed E-state index contributed by atoms with van der Waals surface area (Å²) in [5.41, 5.74) is 2.72. The highest BCUT2D eigenvalue weighted by Crippen LogP contribution is 2.20. The molecule has 0 unspecified atom stereocenters. The smallest absolute Gasteiger partial charge is 0 e. The molecule has 0 atom stereocenters. The molecule has 0 aliphatic rings. The molecule has 2 aromatic rings. The van der Waals surface area contributed by atoms with E-state index >= 15 is 0 Å². The van der Waals surface area contributed by atoms with Gasteiger partial charge in [0, 0.05) is 1.43 Å². The molecule has 0 amide bonds. The SMILES string of the molecule is Cc1cccc2c(C)cccc12.[HH]. The van der Waals surface area contributed by atoms with E-state index in [1.807, 2.05) is 0 Å². The second-order valence-electron chi connectivity index (χ2n) is 3.24. The molecule has 62 valence electrons. The molecule has 12 heavy (non-hydrogen) atoms.